The third-order valence-electron chi connectivity index (χ3n) is 5.60. The van der Waals surface area contributed by atoms with E-state index in [4.69, 9.17) is 10.00 Å². The van der Waals surface area contributed by atoms with Gasteiger partial charge in [-0.3, -0.25) is 13.4 Å². The van der Waals surface area contributed by atoms with E-state index in [1.165, 1.54) is 16.4 Å². The molecule has 2 bridgehead atoms. The smallest absolute Gasteiger partial charge is 0.358 e. The Hall–Kier alpha value is -1.73. The van der Waals surface area contributed by atoms with E-state index in [0.717, 1.165) is 12.1 Å². The molecule has 5 nitrogen and oxygen atoms in total. The van der Waals surface area contributed by atoms with Gasteiger partial charge in [-0.2, -0.15) is 18.4 Å². The molecule has 3 heterocycles. The lowest BCUT2D eigenvalue weighted by atomic mass is 9.80. The van der Waals surface area contributed by atoms with Crippen molar-refractivity contribution in [3.63, 3.8) is 0 Å². The summed E-state index contributed by atoms with van der Waals surface area (Å²) in [5.74, 6) is -0.257. The fourth-order valence-electron chi connectivity index (χ4n) is 4.44. The molecule has 26 heavy (non-hydrogen) atoms. The Balaban J connectivity index is 1.79. The van der Waals surface area contributed by atoms with E-state index in [2.05, 4.69) is 0 Å². The molecule has 2 saturated heterocycles. The minimum absolute atomic E-state index is 0.0392. The monoisotopic (exact) mass is 386 g/mol. The second-order valence-electron chi connectivity index (χ2n) is 7.29. The highest BCUT2D eigenvalue weighted by atomic mass is 32.3. The molecule has 0 amide bonds. The van der Waals surface area contributed by atoms with Crippen molar-refractivity contribution in [3.8, 4) is 6.07 Å². The van der Waals surface area contributed by atoms with Gasteiger partial charge in [-0.05, 0) is 32.0 Å². The van der Waals surface area contributed by atoms with Gasteiger partial charge in [0.15, 0.2) is 0 Å². The molecule has 1 aromatic rings. The van der Waals surface area contributed by atoms with Gasteiger partial charge >= 0.3 is 6.18 Å². The number of nitriles is 1. The van der Waals surface area contributed by atoms with Gasteiger partial charge in [0.1, 0.15) is 10.9 Å². The molecule has 140 valence electrons. The van der Waals surface area contributed by atoms with Crippen LogP contribution in [0.2, 0.25) is 0 Å². The number of benzene rings is 1. The molecule has 2 N–H and O–H groups in total. The maximum absolute atomic E-state index is 13.3. The first-order valence-electron chi connectivity index (χ1n) is 7.99. The van der Waals surface area contributed by atoms with E-state index >= 15 is 0 Å². The summed E-state index contributed by atoms with van der Waals surface area (Å²) >= 11 is 0. The number of alkyl halides is 3. The van der Waals surface area contributed by atoms with Crippen molar-refractivity contribution in [2.45, 2.75) is 36.5 Å². The Labute approximate surface area is 150 Å². The van der Waals surface area contributed by atoms with Gasteiger partial charge in [0.25, 0.3) is 0 Å². The molecular weight excluding hydrogens is 369 g/mol. The van der Waals surface area contributed by atoms with Crippen LogP contribution in [0.15, 0.2) is 30.4 Å². The van der Waals surface area contributed by atoms with E-state index in [0.29, 0.717) is 0 Å². The lowest BCUT2D eigenvalue weighted by Gasteiger charge is -2.45. The third kappa shape index (κ3) is 2.16. The van der Waals surface area contributed by atoms with E-state index in [1.54, 1.807) is 13.0 Å². The van der Waals surface area contributed by atoms with E-state index in [-0.39, 0.29) is 18.2 Å². The van der Waals surface area contributed by atoms with Crippen LogP contribution >= 0.6 is 10.8 Å². The Bertz CT molecular complexity index is 866. The number of halogens is 3. The predicted octanol–water partition coefficient (Wildman–Crippen LogP) is 4.16. The van der Waals surface area contributed by atoms with Crippen molar-refractivity contribution in [2.75, 3.05) is 10.8 Å². The van der Waals surface area contributed by atoms with Crippen LogP contribution in [0.5, 0.6) is 0 Å². The van der Waals surface area contributed by atoms with Gasteiger partial charge in [0.05, 0.1) is 28.5 Å². The summed E-state index contributed by atoms with van der Waals surface area (Å²) in [5, 5.41) is 8.31. The number of hydrogen-bond donors (Lipinski definition) is 2. The molecule has 2 fully saturated rings. The van der Waals surface area contributed by atoms with Gasteiger partial charge < -0.3 is 4.74 Å². The third-order valence-corrected chi connectivity index (χ3v) is 8.08. The summed E-state index contributed by atoms with van der Waals surface area (Å²) in [5.41, 5.74) is -3.10. The average Bonchev–Trinajstić information content (AvgIpc) is 3.09. The molecule has 0 unspecified atom stereocenters. The molecule has 0 saturated carbocycles. The van der Waals surface area contributed by atoms with Crippen LogP contribution in [0, 0.1) is 17.2 Å². The largest absolute Gasteiger partial charge is 0.417 e. The maximum Gasteiger partial charge on any atom is 0.417 e. The summed E-state index contributed by atoms with van der Waals surface area (Å²) < 4.78 is 68.8. The van der Waals surface area contributed by atoms with Crippen molar-refractivity contribution in [3.05, 3.63) is 41.5 Å². The second-order valence-corrected chi connectivity index (χ2v) is 9.36. The number of fused-ring (bicyclic) bond motifs is 5. The zero-order valence-electron chi connectivity index (χ0n) is 14.0. The maximum atomic E-state index is 13.3. The Morgan fingerprint density at radius 3 is 2.50 bits per heavy atom. The van der Waals surface area contributed by atoms with Gasteiger partial charge in [-0.25, -0.2) is 0 Å². The number of ether oxygens (including phenoxy) is 1. The molecule has 3 aliphatic heterocycles. The zero-order chi connectivity index (χ0) is 19.1. The van der Waals surface area contributed by atoms with Crippen LogP contribution in [-0.4, -0.2) is 32.1 Å². The Morgan fingerprint density at radius 2 is 1.92 bits per heavy atom. The lowest BCUT2D eigenvalue weighted by Crippen LogP contribution is -2.40. The van der Waals surface area contributed by atoms with E-state index in [9.17, 15) is 22.3 Å². The first-order valence-corrected chi connectivity index (χ1v) is 9.56. The van der Waals surface area contributed by atoms with Gasteiger partial charge in [-0.15, -0.1) is 10.8 Å². The second kappa shape index (κ2) is 4.95. The fraction of sp³-hybridized carbons (Fsp3) is 0.471. The van der Waals surface area contributed by atoms with Crippen LogP contribution in [0.3, 0.4) is 0 Å². The van der Waals surface area contributed by atoms with Crippen LogP contribution in [0.4, 0.5) is 18.9 Å². The van der Waals surface area contributed by atoms with Crippen molar-refractivity contribution in [1.82, 2.24) is 0 Å². The van der Waals surface area contributed by atoms with Gasteiger partial charge in [-0.1, -0.05) is 12.2 Å². The molecule has 4 rings (SSSR count). The summed E-state index contributed by atoms with van der Waals surface area (Å²) in [6.45, 7) is 3.77. The lowest BCUT2D eigenvalue weighted by molar-refractivity contribution is -0.137. The van der Waals surface area contributed by atoms with E-state index in [1.807, 2.05) is 13.0 Å². The van der Waals surface area contributed by atoms with Crippen LogP contribution in [0.1, 0.15) is 25.0 Å². The first-order chi connectivity index (χ1) is 11.9. The number of anilines is 1. The zero-order valence-corrected chi connectivity index (χ0v) is 14.8. The molecule has 1 aromatic carbocycles. The minimum atomic E-state index is -4.71. The Morgan fingerprint density at radius 1 is 1.27 bits per heavy atom. The Kier molecular flexibility index (Phi) is 3.37. The SMILES string of the molecule is C[C@]12C=C[C@](C)(O1)[C@H]1CN(c3ccc(C#N)c(C(F)(F)F)c3)S(O)(O)[C@H]12. The standard InChI is InChI=1S/C17H17F3N2O3S/c1-15-5-6-16(2,25-15)14-13(15)9-22(26(14,23)24)11-4-3-10(8-21)12(7-11)17(18,19)20/h3-7,13-14,23-24H,9H2,1-2H3/t13-,14+,15-,16+/m0/s1. The topological polar surface area (TPSA) is 76.7 Å². The molecule has 4 atom stereocenters. The summed E-state index contributed by atoms with van der Waals surface area (Å²) in [4.78, 5) is 0. The first kappa shape index (κ1) is 17.7. The van der Waals surface area contributed by atoms with E-state index < -0.39 is 44.5 Å². The highest BCUT2D eigenvalue weighted by Crippen LogP contribution is 2.70. The predicted molar refractivity (Wildman–Crippen MR) is 90.7 cm³/mol. The molecule has 0 aliphatic carbocycles. The molecule has 0 radical (unpaired) electrons. The van der Waals surface area contributed by atoms with Crippen LogP contribution in [0.25, 0.3) is 0 Å². The number of rotatable bonds is 1. The quantitative estimate of drug-likeness (QED) is 0.709. The summed E-state index contributed by atoms with van der Waals surface area (Å²) in [6, 6.07) is 4.73. The van der Waals surface area contributed by atoms with Crippen molar-refractivity contribution in [1.29, 1.82) is 5.26 Å². The fourth-order valence-corrected chi connectivity index (χ4v) is 7.07. The summed E-state index contributed by atoms with van der Waals surface area (Å²) in [6.07, 6.45) is -1.03. The van der Waals surface area contributed by atoms with Crippen LogP contribution in [-0.2, 0) is 10.9 Å². The molecule has 0 aromatic heterocycles. The van der Waals surface area contributed by atoms with Gasteiger partial charge in [0, 0.05) is 12.5 Å². The normalized spacial score (nSPS) is 38.3. The van der Waals surface area contributed by atoms with Crippen molar-refractivity contribution in [2.24, 2.45) is 5.92 Å². The minimum Gasteiger partial charge on any atom is -0.358 e. The highest BCUT2D eigenvalue weighted by molar-refractivity contribution is 8.26. The highest BCUT2D eigenvalue weighted by Gasteiger charge is 2.69. The molecule has 9 heteroatoms. The average molecular weight is 386 g/mol. The number of nitrogens with zero attached hydrogens (tertiary/aromatic N) is 2. The van der Waals surface area contributed by atoms with Gasteiger partial charge in [0.2, 0.25) is 0 Å². The summed E-state index contributed by atoms with van der Waals surface area (Å²) in [7, 11) is -3.42. The molecule has 3 aliphatic rings. The number of hydrogen-bond acceptors (Lipinski definition) is 5. The molecule has 0 spiro atoms. The van der Waals surface area contributed by atoms with Crippen molar-refractivity contribution < 1.29 is 27.0 Å². The van der Waals surface area contributed by atoms with Crippen LogP contribution < -0.4 is 4.31 Å². The van der Waals surface area contributed by atoms with Crippen molar-refractivity contribution >= 4 is 16.5 Å². The molecular formula is C17H17F3N2O3S.